The maximum atomic E-state index is 11.3. The van der Waals surface area contributed by atoms with Crippen LogP contribution in [0.5, 0.6) is 0 Å². The van der Waals surface area contributed by atoms with E-state index in [0.29, 0.717) is 25.7 Å². The molecule has 1 heterocycles. The highest BCUT2D eigenvalue weighted by Crippen LogP contribution is 2.07. The number of carbonyl (C=O) groups is 1. The fourth-order valence-corrected chi connectivity index (χ4v) is 1.82. The van der Waals surface area contributed by atoms with E-state index in [1.165, 1.54) is 19.3 Å². The Hall–Kier alpha value is -0.810. The predicted octanol–water partition coefficient (Wildman–Crippen LogP) is 0.464. The number of amides is 2. The van der Waals surface area contributed by atoms with Crippen molar-refractivity contribution in [2.24, 2.45) is 0 Å². The van der Waals surface area contributed by atoms with Crippen molar-refractivity contribution in [2.75, 3.05) is 33.4 Å². The minimum atomic E-state index is -0.108. The van der Waals surface area contributed by atoms with Crippen LogP contribution in [-0.4, -0.2) is 45.4 Å². The molecule has 0 saturated carbocycles. The van der Waals surface area contributed by atoms with Crippen molar-refractivity contribution in [1.29, 1.82) is 0 Å². The molecule has 94 valence electrons. The summed E-state index contributed by atoms with van der Waals surface area (Å²) in [6, 6.07) is 0.318. The molecule has 0 aromatic carbocycles. The lowest BCUT2D eigenvalue weighted by Crippen LogP contribution is -2.44. The van der Waals surface area contributed by atoms with Crippen LogP contribution in [0.25, 0.3) is 0 Å². The van der Waals surface area contributed by atoms with Crippen LogP contribution in [0.15, 0.2) is 0 Å². The van der Waals surface area contributed by atoms with E-state index < -0.39 is 0 Å². The van der Waals surface area contributed by atoms with E-state index in [1.807, 2.05) is 0 Å². The number of rotatable bonds is 5. The van der Waals surface area contributed by atoms with Crippen molar-refractivity contribution in [3.8, 4) is 0 Å². The lowest BCUT2D eigenvalue weighted by molar-refractivity contribution is 0.195. The van der Waals surface area contributed by atoms with Gasteiger partial charge in [-0.25, -0.2) is 4.79 Å². The van der Waals surface area contributed by atoms with Crippen molar-refractivity contribution in [3.63, 3.8) is 0 Å². The number of nitrogens with one attached hydrogen (secondary N) is 3. The summed E-state index contributed by atoms with van der Waals surface area (Å²) in [4.78, 5) is 11.3. The van der Waals surface area contributed by atoms with Crippen LogP contribution in [0.2, 0.25) is 0 Å². The first-order valence-electron chi connectivity index (χ1n) is 6.07. The van der Waals surface area contributed by atoms with E-state index in [9.17, 15) is 4.79 Å². The molecule has 0 spiro atoms. The molecule has 0 aromatic rings. The molecule has 0 aliphatic carbocycles. The predicted molar refractivity (Wildman–Crippen MR) is 63.5 cm³/mol. The second-order valence-corrected chi connectivity index (χ2v) is 4.13. The fourth-order valence-electron chi connectivity index (χ4n) is 1.82. The Morgan fingerprint density at radius 2 is 2.25 bits per heavy atom. The molecule has 5 heteroatoms. The molecule has 1 saturated heterocycles. The lowest BCUT2D eigenvalue weighted by Gasteiger charge is -2.16. The van der Waals surface area contributed by atoms with Crippen molar-refractivity contribution in [1.82, 2.24) is 16.0 Å². The number of hydrogen-bond acceptors (Lipinski definition) is 3. The van der Waals surface area contributed by atoms with Crippen molar-refractivity contribution in [2.45, 2.75) is 31.7 Å². The quantitative estimate of drug-likeness (QED) is 0.600. The van der Waals surface area contributed by atoms with Gasteiger partial charge >= 0.3 is 6.03 Å². The smallest absolute Gasteiger partial charge is 0.314 e. The monoisotopic (exact) mass is 229 g/mol. The van der Waals surface area contributed by atoms with E-state index in [4.69, 9.17) is 4.74 Å². The summed E-state index contributed by atoms with van der Waals surface area (Å²) in [5.41, 5.74) is 0. The third-order valence-electron chi connectivity index (χ3n) is 2.76. The maximum absolute atomic E-state index is 11.3. The van der Waals surface area contributed by atoms with E-state index in [-0.39, 0.29) is 6.03 Å². The van der Waals surface area contributed by atoms with Gasteiger partial charge in [-0.3, -0.25) is 0 Å². The van der Waals surface area contributed by atoms with Gasteiger partial charge in [-0.2, -0.15) is 0 Å². The fraction of sp³-hybridized carbons (Fsp3) is 0.909. The second-order valence-electron chi connectivity index (χ2n) is 4.13. The van der Waals surface area contributed by atoms with Crippen LogP contribution in [0.4, 0.5) is 4.79 Å². The summed E-state index contributed by atoms with van der Waals surface area (Å²) < 4.78 is 4.85. The molecule has 0 aromatic heterocycles. The molecule has 3 N–H and O–H groups in total. The van der Waals surface area contributed by atoms with Gasteiger partial charge < -0.3 is 20.7 Å². The zero-order chi connectivity index (χ0) is 11.6. The maximum Gasteiger partial charge on any atom is 0.314 e. The van der Waals surface area contributed by atoms with Gasteiger partial charge in [0.15, 0.2) is 0 Å². The molecular weight excluding hydrogens is 206 g/mol. The Labute approximate surface area is 97.3 Å². The topological polar surface area (TPSA) is 62.4 Å². The minimum absolute atomic E-state index is 0.108. The molecule has 5 nitrogen and oxygen atoms in total. The summed E-state index contributed by atoms with van der Waals surface area (Å²) in [7, 11) is 1.62. The van der Waals surface area contributed by atoms with Gasteiger partial charge in [0.25, 0.3) is 0 Å². The molecule has 1 unspecified atom stereocenters. The summed E-state index contributed by atoms with van der Waals surface area (Å²) >= 11 is 0. The number of carbonyl (C=O) groups excluding carboxylic acids is 1. The van der Waals surface area contributed by atoms with Gasteiger partial charge in [0.05, 0.1) is 6.61 Å². The molecule has 2 amide bonds. The van der Waals surface area contributed by atoms with E-state index in [0.717, 1.165) is 13.0 Å². The first-order chi connectivity index (χ1) is 7.83. The van der Waals surface area contributed by atoms with Crippen LogP contribution in [0, 0.1) is 0 Å². The highest BCUT2D eigenvalue weighted by molar-refractivity contribution is 5.73. The van der Waals surface area contributed by atoms with E-state index in [1.54, 1.807) is 7.11 Å². The first kappa shape index (κ1) is 13.3. The summed E-state index contributed by atoms with van der Waals surface area (Å²) in [6.45, 7) is 2.88. The average Bonchev–Trinajstić information content (AvgIpc) is 2.55. The summed E-state index contributed by atoms with van der Waals surface area (Å²) in [5, 5.41) is 9.04. The average molecular weight is 229 g/mol. The first-order valence-corrected chi connectivity index (χ1v) is 6.07. The Kier molecular flexibility index (Phi) is 6.92. The third-order valence-corrected chi connectivity index (χ3v) is 2.76. The molecule has 0 bridgehead atoms. The molecule has 1 aliphatic heterocycles. The molecule has 1 fully saturated rings. The van der Waals surface area contributed by atoms with Crippen molar-refractivity contribution >= 4 is 6.03 Å². The third kappa shape index (κ3) is 5.92. The van der Waals surface area contributed by atoms with Gasteiger partial charge in [0.1, 0.15) is 0 Å². The zero-order valence-corrected chi connectivity index (χ0v) is 10.1. The Morgan fingerprint density at radius 3 is 3.06 bits per heavy atom. The molecule has 16 heavy (non-hydrogen) atoms. The molecular formula is C11H23N3O2. The van der Waals surface area contributed by atoms with Crippen LogP contribution < -0.4 is 16.0 Å². The standard InChI is InChI=1S/C11H23N3O2/c1-16-8-7-13-11(15)14-9-10-5-3-2-4-6-12-10/h10,12H,2-9H2,1H3,(H2,13,14,15). The molecule has 1 rings (SSSR count). The Morgan fingerprint density at radius 1 is 1.38 bits per heavy atom. The number of urea groups is 1. The summed E-state index contributed by atoms with van der Waals surface area (Å²) in [5.74, 6) is 0. The van der Waals surface area contributed by atoms with Crippen LogP contribution in [0.3, 0.4) is 0 Å². The lowest BCUT2D eigenvalue weighted by atomic mass is 10.1. The zero-order valence-electron chi connectivity index (χ0n) is 10.1. The number of methoxy groups -OCH3 is 1. The van der Waals surface area contributed by atoms with Crippen molar-refractivity contribution in [3.05, 3.63) is 0 Å². The van der Waals surface area contributed by atoms with Gasteiger partial charge in [-0.15, -0.1) is 0 Å². The van der Waals surface area contributed by atoms with Gasteiger partial charge in [0.2, 0.25) is 0 Å². The Bertz CT molecular complexity index is 192. The Balaban J connectivity index is 2.05. The highest BCUT2D eigenvalue weighted by Gasteiger charge is 2.11. The van der Waals surface area contributed by atoms with E-state index in [2.05, 4.69) is 16.0 Å². The largest absolute Gasteiger partial charge is 0.383 e. The van der Waals surface area contributed by atoms with Gasteiger partial charge in [0, 0.05) is 26.2 Å². The van der Waals surface area contributed by atoms with E-state index >= 15 is 0 Å². The molecule has 0 radical (unpaired) electrons. The van der Waals surface area contributed by atoms with Gasteiger partial charge in [-0.05, 0) is 19.4 Å². The van der Waals surface area contributed by atoms with Crippen LogP contribution in [0.1, 0.15) is 25.7 Å². The highest BCUT2D eigenvalue weighted by atomic mass is 16.5. The molecule has 1 aliphatic rings. The number of hydrogen-bond donors (Lipinski definition) is 3. The molecule has 1 atom stereocenters. The minimum Gasteiger partial charge on any atom is -0.383 e. The van der Waals surface area contributed by atoms with Crippen LogP contribution >= 0.6 is 0 Å². The second kappa shape index (κ2) is 8.35. The normalized spacial score (nSPS) is 21.2. The summed E-state index contributed by atoms with van der Waals surface area (Å²) in [6.07, 6.45) is 4.95. The SMILES string of the molecule is COCCNC(=O)NCC1CCCCCN1. The van der Waals surface area contributed by atoms with Crippen molar-refractivity contribution < 1.29 is 9.53 Å². The number of ether oxygens (including phenoxy) is 1. The van der Waals surface area contributed by atoms with Crippen LogP contribution in [-0.2, 0) is 4.74 Å². The van der Waals surface area contributed by atoms with Gasteiger partial charge in [-0.1, -0.05) is 12.8 Å².